The molecule has 130 valence electrons. The molecule has 0 aromatic heterocycles. The van der Waals surface area contributed by atoms with Gasteiger partial charge in [-0.3, -0.25) is 9.59 Å². The summed E-state index contributed by atoms with van der Waals surface area (Å²) in [5, 5.41) is 3.61. The Morgan fingerprint density at radius 2 is 1.76 bits per heavy atom. The second kappa shape index (κ2) is 6.89. The van der Waals surface area contributed by atoms with Crippen molar-refractivity contribution in [1.29, 1.82) is 0 Å². The monoisotopic (exact) mass is 356 g/mol. The van der Waals surface area contributed by atoms with Gasteiger partial charge in [-0.2, -0.15) is 0 Å². The number of halogens is 1. The van der Waals surface area contributed by atoms with Crippen molar-refractivity contribution in [2.24, 2.45) is 5.92 Å². The van der Waals surface area contributed by atoms with Gasteiger partial charge in [0.1, 0.15) is 0 Å². The number of anilines is 2. The van der Waals surface area contributed by atoms with Crippen molar-refractivity contribution in [1.82, 2.24) is 0 Å². The third-order valence-electron chi connectivity index (χ3n) is 4.76. The Bertz CT molecular complexity index is 827. The van der Waals surface area contributed by atoms with Gasteiger partial charge in [0.2, 0.25) is 11.8 Å². The van der Waals surface area contributed by atoms with Crippen LogP contribution < -0.4 is 10.2 Å². The van der Waals surface area contributed by atoms with E-state index in [4.69, 9.17) is 11.6 Å². The molecule has 2 amide bonds. The van der Waals surface area contributed by atoms with Gasteiger partial charge in [-0.05, 0) is 49.6 Å². The molecule has 25 heavy (non-hydrogen) atoms. The summed E-state index contributed by atoms with van der Waals surface area (Å²) in [4.78, 5) is 26.8. The molecular formula is C20H21ClN2O2. The fourth-order valence-corrected chi connectivity index (χ4v) is 3.41. The van der Waals surface area contributed by atoms with Crippen molar-refractivity contribution in [3.05, 3.63) is 58.1 Å². The van der Waals surface area contributed by atoms with Gasteiger partial charge < -0.3 is 10.2 Å². The Balaban J connectivity index is 1.78. The first-order valence-electron chi connectivity index (χ1n) is 8.31. The zero-order chi connectivity index (χ0) is 18.1. The van der Waals surface area contributed by atoms with Crippen LogP contribution in [0.3, 0.4) is 0 Å². The van der Waals surface area contributed by atoms with E-state index < -0.39 is 0 Å². The highest BCUT2D eigenvalue weighted by molar-refractivity contribution is 6.31. The Morgan fingerprint density at radius 3 is 2.44 bits per heavy atom. The average Bonchev–Trinajstić information content (AvgIpc) is 2.95. The van der Waals surface area contributed by atoms with Gasteiger partial charge in [-0.1, -0.05) is 35.9 Å². The smallest absolute Gasteiger partial charge is 0.229 e. The summed E-state index contributed by atoms with van der Waals surface area (Å²) < 4.78 is 0. The van der Waals surface area contributed by atoms with Crippen molar-refractivity contribution in [2.45, 2.75) is 27.2 Å². The summed E-state index contributed by atoms with van der Waals surface area (Å²) in [6.07, 6.45) is 0.211. The molecule has 0 spiro atoms. The lowest BCUT2D eigenvalue weighted by molar-refractivity contribution is -0.122. The number of nitrogens with zero attached hydrogens (tertiary/aromatic N) is 1. The van der Waals surface area contributed by atoms with E-state index in [0.717, 1.165) is 28.1 Å². The zero-order valence-electron chi connectivity index (χ0n) is 14.6. The number of carbonyl (C=O) groups excluding carboxylic acids is 2. The van der Waals surface area contributed by atoms with Crippen LogP contribution in [0, 0.1) is 26.7 Å². The number of benzene rings is 2. The lowest BCUT2D eigenvalue weighted by Gasteiger charge is -2.20. The molecule has 2 aromatic carbocycles. The molecule has 4 nitrogen and oxygen atoms in total. The topological polar surface area (TPSA) is 49.4 Å². The first-order chi connectivity index (χ1) is 11.9. The van der Waals surface area contributed by atoms with E-state index in [0.29, 0.717) is 11.6 Å². The molecule has 1 aliphatic heterocycles. The minimum atomic E-state index is -0.370. The van der Waals surface area contributed by atoms with Crippen molar-refractivity contribution < 1.29 is 9.59 Å². The molecule has 3 rings (SSSR count). The van der Waals surface area contributed by atoms with Crippen LogP contribution in [0.25, 0.3) is 0 Å². The molecule has 1 atom stereocenters. The fraction of sp³-hybridized carbons (Fsp3) is 0.300. The van der Waals surface area contributed by atoms with E-state index in [9.17, 15) is 9.59 Å². The lowest BCUT2D eigenvalue weighted by atomic mass is 10.1. The number of carbonyl (C=O) groups is 2. The second-order valence-electron chi connectivity index (χ2n) is 6.55. The Labute approximate surface area is 152 Å². The Hall–Kier alpha value is -2.33. The summed E-state index contributed by atoms with van der Waals surface area (Å²) >= 11 is 6.16. The van der Waals surface area contributed by atoms with Crippen molar-refractivity contribution in [3.8, 4) is 0 Å². The van der Waals surface area contributed by atoms with Gasteiger partial charge in [0.15, 0.2) is 0 Å². The minimum Gasteiger partial charge on any atom is -0.325 e. The predicted molar refractivity (Wildman–Crippen MR) is 101 cm³/mol. The van der Waals surface area contributed by atoms with Crippen molar-refractivity contribution in [2.75, 3.05) is 16.8 Å². The maximum absolute atomic E-state index is 12.7. The van der Waals surface area contributed by atoms with Gasteiger partial charge in [-0.15, -0.1) is 0 Å². The van der Waals surface area contributed by atoms with Gasteiger partial charge in [0, 0.05) is 29.4 Å². The molecule has 1 heterocycles. The highest BCUT2D eigenvalue weighted by Crippen LogP contribution is 2.32. The highest BCUT2D eigenvalue weighted by atomic mass is 35.5. The fourth-order valence-electron chi connectivity index (χ4n) is 3.24. The molecule has 1 fully saturated rings. The number of amides is 2. The highest BCUT2D eigenvalue weighted by Gasteiger charge is 2.36. The first-order valence-corrected chi connectivity index (χ1v) is 8.69. The van der Waals surface area contributed by atoms with E-state index in [2.05, 4.69) is 5.32 Å². The largest absolute Gasteiger partial charge is 0.325 e. The number of rotatable bonds is 3. The van der Waals surface area contributed by atoms with Crippen molar-refractivity contribution >= 4 is 34.8 Å². The van der Waals surface area contributed by atoms with Crippen LogP contribution in [0.1, 0.15) is 23.1 Å². The SMILES string of the molecule is Cc1cccc(C)c1NC(=O)[C@H]1CC(=O)N(c2cccc(Cl)c2C)C1. The average molecular weight is 357 g/mol. The van der Waals surface area contributed by atoms with Gasteiger partial charge in [0.05, 0.1) is 5.92 Å². The number of nitrogens with one attached hydrogen (secondary N) is 1. The normalized spacial score (nSPS) is 17.0. The van der Waals surface area contributed by atoms with Crippen LogP contribution in [0.15, 0.2) is 36.4 Å². The molecule has 0 aliphatic carbocycles. The Morgan fingerprint density at radius 1 is 1.12 bits per heavy atom. The van der Waals surface area contributed by atoms with Crippen LogP contribution in [0.2, 0.25) is 5.02 Å². The molecule has 2 aromatic rings. The molecule has 1 saturated heterocycles. The second-order valence-corrected chi connectivity index (χ2v) is 6.95. The third-order valence-corrected chi connectivity index (χ3v) is 5.16. The van der Waals surface area contributed by atoms with E-state index >= 15 is 0 Å². The molecule has 1 aliphatic rings. The maximum Gasteiger partial charge on any atom is 0.229 e. The van der Waals surface area contributed by atoms with E-state index in [1.165, 1.54) is 0 Å². The van der Waals surface area contributed by atoms with E-state index in [1.807, 2.05) is 51.1 Å². The summed E-state index contributed by atoms with van der Waals surface area (Å²) in [6.45, 7) is 6.18. The molecule has 0 bridgehead atoms. The number of hydrogen-bond acceptors (Lipinski definition) is 2. The predicted octanol–water partition coefficient (Wildman–Crippen LogP) is 4.26. The zero-order valence-corrected chi connectivity index (χ0v) is 15.4. The minimum absolute atomic E-state index is 0.0491. The van der Waals surface area contributed by atoms with Crippen molar-refractivity contribution in [3.63, 3.8) is 0 Å². The van der Waals surface area contributed by atoms with Crippen LogP contribution in [0.4, 0.5) is 11.4 Å². The summed E-state index contributed by atoms with van der Waals surface area (Å²) in [5.41, 5.74) is 4.49. The molecule has 0 radical (unpaired) electrons. The number of hydrogen-bond donors (Lipinski definition) is 1. The molecule has 5 heteroatoms. The van der Waals surface area contributed by atoms with E-state index in [1.54, 1.807) is 11.0 Å². The summed E-state index contributed by atoms with van der Waals surface area (Å²) in [6, 6.07) is 11.4. The van der Waals surface area contributed by atoms with Gasteiger partial charge in [-0.25, -0.2) is 0 Å². The molecule has 0 unspecified atom stereocenters. The van der Waals surface area contributed by atoms with Gasteiger partial charge >= 0.3 is 0 Å². The van der Waals surface area contributed by atoms with Crippen LogP contribution >= 0.6 is 11.6 Å². The Kier molecular flexibility index (Phi) is 4.82. The lowest BCUT2D eigenvalue weighted by Crippen LogP contribution is -2.29. The quantitative estimate of drug-likeness (QED) is 0.893. The third kappa shape index (κ3) is 3.40. The summed E-state index contributed by atoms with van der Waals surface area (Å²) in [7, 11) is 0. The summed E-state index contributed by atoms with van der Waals surface area (Å²) in [5.74, 6) is -0.537. The maximum atomic E-state index is 12.7. The number of para-hydroxylation sites is 1. The standard InChI is InChI=1S/C20H21ClN2O2/c1-12-6-4-7-13(2)19(12)22-20(25)15-10-18(24)23(11-15)17-9-5-8-16(21)14(17)3/h4-9,15H,10-11H2,1-3H3,(H,22,25)/t15-/m0/s1. The van der Waals surface area contributed by atoms with E-state index in [-0.39, 0.29) is 24.2 Å². The molecule has 1 N–H and O–H groups in total. The van der Waals surface area contributed by atoms with Gasteiger partial charge in [0.25, 0.3) is 0 Å². The van der Waals surface area contributed by atoms with Crippen LogP contribution in [0.5, 0.6) is 0 Å². The first kappa shape index (κ1) is 17.5. The molecular weight excluding hydrogens is 336 g/mol. The number of aryl methyl sites for hydroxylation is 2. The van der Waals surface area contributed by atoms with Crippen LogP contribution in [-0.2, 0) is 9.59 Å². The molecule has 0 saturated carbocycles. The van der Waals surface area contributed by atoms with Crippen LogP contribution in [-0.4, -0.2) is 18.4 Å².